The minimum absolute atomic E-state index is 0.614. The van der Waals surface area contributed by atoms with Gasteiger partial charge in [0.2, 0.25) is 0 Å². The quantitative estimate of drug-likeness (QED) is 0.656. The topological polar surface area (TPSA) is 36.4 Å². The summed E-state index contributed by atoms with van der Waals surface area (Å²) in [4.78, 5) is 7.11. The van der Waals surface area contributed by atoms with Crippen LogP contribution in [-0.4, -0.2) is 19.6 Å². The zero-order valence-electron chi connectivity index (χ0n) is 13.2. The van der Waals surface area contributed by atoms with Gasteiger partial charge in [-0.2, -0.15) is 0 Å². The van der Waals surface area contributed by atoms with Crippen molar-refractivity contribution in [1.29, 1.82) is 0 Å². The molecule has 1 aromatic heterocycles. The number of fused-ring (bicyclic) bond motifs is 1. The maximum absolute atomic E-state index is 4.32. The van der Waals surface area contributed by atoms with Gasteiger partial charge in [0, 0.05) is 29.3 Å². The molecule has 1 heterocycles. The van der Waals surface area contributed by atoms with E-state index in [1.807, 2.05) is 18.4 Å². The van der Waals surface area contributed by atoms with Crippen molar-refractivity contribution < 1.29 is 0 Å². The second kappa shape index (κ2) is 6.97. The largest absolute Gasteiger partial charge is 0.356 e. The number of aliphatic imine (C=N–C) groups is 1. The number of nitrogens with one attached hydrogen (secondary N) is 2. The summed E-state index contributed by atoms with van der Waals surface area (Å²) >= 11 is 1.87. The highest BCUT2D eigenvalue weighted by atomic mass is 32.1. The number of benzene rings is 1. The Labute approximate surface area is 136 Å². The van der Waals surface area contributed by atoms with Crippen LogP contribution in [0.3, 0.4) is 0 Å². The van der Waals surface area contributed by atoms with Crippen molar-refractivity contribution in [2.24, 2.45) is 4.99 Å². The van der Waals surface area contributed by atoms with Crippen LogP contribution in [0.2, 0.25) is 0 Å². The van der Waals surface area contributed by atoms with E-state index in [-0.39, 0.29) is 0 Å². The van der Waals surface area contributed by atoms with Crippen LogP contribution in [0.5, 0.6) is 0 Å². The number of aryl methyl sites for hydroxylation is 1. The van der Waals surface area contributed by atoms with E-state index in [2.05, 4.69) is 58.9 Å². The van der Waals surface area contributed by atoms with Crippen molar-refractivity contribution >= 4 is 17.3 Å². The predicted molar refractivity (Wildman–Crippen MR) is 94.8 cm³/mol. The van der Waals surface area contributed by atoms with E-state index < -0.39 is 0 Å². The van der Waals surface area contributed by atoms with Crippen molar-refractivity contribution in [2.45, 2.75) is 32.2 Å². The first-order chi connectivity index (χ1) is 10.8. The molecule has 0 fully saturated rings. The van der Waals surface area contributed by atoms with Crippen LogP contribution in [0, 0.1) is 0 Å². The highest BCUT2D eigenvalue weighted by molar-refractivity contribution is 7.11. The molecule has 2 N–H and O–H groups in total. The average Bonchev–Trinajstić information content (AvgIpc) is 2.99. The van der Waals surface area contributed by atoms with Crippen LogP contribution < -0.4 is 10.6 Å². The summed E-state index contributed by atoms with van der Waals surface area (Å²) < 4.78 is 0. The van der Waals surface area contributed by atoms with Gasteiger partial charge < -0.3 is 10.6 Å². The number of thiophene rings is 1. The third-order valence-electron chi connectivity index (χ3n) is 4.20. The number of hydrogen-bond acceptors (Lipinski definition) is 2. The molecule has 0 amide bonds. The molecule has 3 nitrogen and oxygen atoms in total. The Bertz CT molecular complexity index is 660. The monoisotopic (exact) mass is 313 g/mol. The SMILES string of the molecule is CCc1ccc(CNC(=NC)NCC2Cc3ccccc32)s1. The van der Waals surface area contributed by atoms with Gasteiger partial charge in [0.1, 0.15) is 0 Å². The van der Waals surface area contributed by atoms with Crippen molar-refractivity contribution in [2.75, 3.05) is 13.6 Å². The lowest BCUT2D eigenvalue weighted by Crippen LogP contribution is -2.40. The molecule has 0 saturated carbocycles. The lowest BCUT2D eigenvalue weighted by molar-refractivity contribution is 0.584. The molecule has 1 atom stereocenters. The molecule has 1 aromatic carbocycles. The summed E-state index contributed by atoms with van der Waals surface area (Å²) in [5.74, 6) is 1.50. The fraction of sp³-hybridized carbons (Fsp3) is 0.389. The van der Waals surface area contributed by atoms with E-state index in [4.69, 9.17) is 0 Å². The molecule has 4 heteroatoms. The van der Waals surface area contributed by atoms with Crippen molar-refractivity contribution in [3.63, 3.8) is 0 Å². The summed E-state index contributed by atoms with van der Waals surface area (Å²) in [6.45, 7) is 3.98. The van der Waals surface area contributed by atoms with Gasteiger partial charge in [0.15, 0.2) is 5.96 Å². The number of guanidine groups is 1. The molecule has 1 unspecified atom stereocenters. The highest BCUT2D eigenvalue weighted by Gasteiger charge is 2.25. The first-order valence-electron chi connectivity index (χ1n) is 7.90. The Morgan fingerprint density at radius 3 is 2.73 bits per heavy atom. The van der Waals surface area contributed by atoms with E-state index in [0.717, 1.165) is 25.5 Å². The summed E-state index contributed by atoms with van der Waals surface area (Å²) in [7, 11) is 1.83. The summed E-state index contributed by atoms with van der Waals surface area (Å²) in [6.07, 6.45) is 2.28. The Morgan fingerprint density at radius 1 is 1.18 bits per heavy atom. The van der Waals surface area contributed by atoms with Gasteiger partial charge in [-0.3, -0.25) is 4.99 Å². The van der Waals surface area contributed by atoms with Crippen LogP contribution in [0.15, 0.2) is 41.4 Å². The van der Waals surface area contributed by atoms with Crippen LogP contribution >= 0.6 is 11.3 Å². The second-order valence-corrected chi connectivity index (χ2v) is 6.88. The van der Waals surface area contributed by atoms with Gasteiger partial charge in [-0.05, 0) is 36.1 Å². The van der Waals surface area contributed by atoms with E-state index in [1.165, 1.54) is 27.3 Å². The van der Waals surface area contributed by atoms with Gasteiger partial charge in [0.05, 0.1) is 6.54 Å². The fourth-order valence-electron chi connectivity index (χ4n) is 2.86. The lowest BCUT2D eigenvalue weighted by Gasteiger charge is -2.30. The first kappa shape index (κ1) is 15.1. The first-order valence-corrected chi connectivity index (χ1v) is 8.71. The van der Waals surface area contributed by atoms with E-state index >= 15 is 0 Å². The molecular weight excluding hydrogens is 290 g/mol. The zero-order valence-corrected chi connectivity index (χ0v) is 14.0. The molecule has 1 aliphatic carbocycles. The smallest absolute Gasteiger partial charge is 0.191 e. The molecule has 0 aliphatic heterocycles. The normalized spacial score (nSPS) is 16.8. The van der Waals surface area contributed by atoms with Crippen LogP contribution in [0.25, 0.3) is 0 Å². The molecule has 2 aromatic rings. The summed E-state index contributed by atoms with van der Waals surface area (Å²) in [5, 5.41) is 6.85. The predicted octanol–water partition coefficient (Wildman–Crippen LogP) is 3.32. The molecule has 1 aliphatic rings. The lowest BCUT2D eigenvalue weighted by atomic mass is 9.78. The van der Waals surface area contributed by atoms with Crippen molar-refractivity contribution in [3.05, 3.63) is 57.3 Å². The van der Waals surface area contributed by atoms with Crippen LogP contribution in [0.1, 0.15) is 33.7 Å². The maximum atomic E-state index is 4.32. The highest BCUT2D eigenvalue weighted by Crippen LogP contribution is 2.33. The Balaban J connectivity index is 1.47. The van der Waals surface area contributed by atoms with E-state index in [1.54, 1.807) is 0 Å². The number of rotatable bonds is 5. The fourth-order valence-corrected chi connectivity index (χ4v) is 3.76. The third-order valence-corrected chi connectivity index (χ3v) is 5.43. The standard InChI is InChI=1S/C18H23N3S/c1-3-15-8-9-16(22-15)12-21-18(19-2)20-11-14-10-13-6-4-5-7-17(13)14/h4-9,14H,3,10-12H2,1-2H3,(H2,19,20,21). The molecule has 0 spiro atoms. The number of nitrogens with zero attached hydrogens (tertiary/aromatic N) is 1. The van der Waals surface area contributed by atoms with E-state index in [9.17, 15) is 0 Å². The third kappa shape index (κ3) is 3.33. The molecule has 0 bridgehead atoms. The van der Waals surface area contributed by atoms with Gasteiger partial charge in [-0.25, -0.2) is 0 Å². The maximum Gasteiger partial charge on any atom is 0.191 e. The molecule has 0 radical (unpaired) electrons. The Hall–Kier alpha value is -1.81. The van der Waals surface area contributed by atoms with Crippen LogP contribution in [0.4, 0.5) is 0 Å². The zero-order chi connectivity index (χ0) is 15.4. The Morgan fingerprint density at radius 2 is 2.00 bits per heavy atom. The molecule has 0 saturated heterocycles. The van der Waals surface area contributed by atoms with Gasteiger partial charge in [-0.15, -0.1) is 11.3 Å². The van der Waals surface area contributed by atoms with Crippen LogP contribution in [-0.2, 0) is 19.4 Å². The van der Waals surface area contributed by atoms with Crippen molar-refractivity contribution in [1.82, 2.24) is 10.6 Å². The molecule has 3 rings (SSSR count). The number of hydrogen-bond donors (Lipinski definition) is 2. The summed E-state index contributed by atoms with van der Waals surface area (Å²) in [6, 6.07) is 13.1. The molecule has 22 heavy (non-hydrogen) atoms. The minimum atomic E-state index is 0.614. The van der Waals surface area contributed by atoms with Crippen molar-refractivity contribution in [3.8, 4) is 0 Å². The average molecular weight is 313 g/mol. The Kier molecular flexibility index (Phi) is 4.78. The van der Waals surface area contributed by atoms with E-state index in [0.29, 0.717) is 5.92 Å². The molecular formula is C18H23N3S. The second-order valence-electron chi connectivity index (χ2n) is 5.63. The van der Waals surface area contributed by atoms with Gasteiger partial charge in [0.25, 0.3) is 0 Å². The van der Waals surface area contributed by atoms with Gasteiger partial charge >= 0.3 is 0 Å². The minimum Gasteiger partial charge on any atom is -0.356 e. The molecule has 116 valence electrons. The van der Waals surface area contributed by atoms with Gasteiger partial charge in [-0.1, -0.05) is 31.2 Å². The summed E-state index contributed by atoms with van der Waals surface area (Å²) in [5.41, 5.74) is 2.97.